The van der Waals surface area contributed by atoms with E-state index < -0.39 is 0 Å². The molecule has 4 rings (SSSR count). The topological polar surface area (TPSA) is 72.3 Å². The van der Waals surface area contributed by atoms with Crippen LogP contribution in [0.1, 0.15) is 56.3 Å². The first-order valence-corrected chi connectivity index (χ1v) is 8.86. The third kappa shape index (κ3) is 2.26. The number of nitrogens with zero attached hydrogens (tertiary/aromatic N) is 3. The maximum Gasteiger partial charge on any atom is 0.266 e. The van der Waals surface area contributed by atoms with Gasteiger partial charge in [0.2, 0.25) is 0 Å². The summed E-state index contributed by atoms with van der Waals surface area (Å²) in [6.45, 7) is 7.74. The van der Waals surface area contributed by atoms with Crippen molar-refractivity contribution in [2.75, 3.05) is 4.90 Å². The number of aromatic nitrogens is 2. The molecule has 27 heavy (non-hydrogen) atoms. The molecular formula is C21H19N3O3. The third-order valence-corrected chi connectivity index (χ3v) is 5.15. The standard InChI is InChI=1S/C21H19N3O3/c1-5-23-12(3)19(11(2)22-23)24-20(26)16-8-6-7-15-14(13(4)25)9-10-17(18(15)16)21(24)27/h6-10H,5H2,1-4H3. The van der Waals surface area contributed by atoms with E-state index in [-0.39, 0.29) is 17.6 Å². The zero-order valence-electron chi connectivity index (χ0n) is 15.7. The molecule has 3 aromatic rings. The molecule has 1 aromatic heterocycles. The Kier molecular flexibility index (Phi) is 3.73. The van der Waals surface area contributed by atoms with Crippen LogP contribution in [0.25, 0.3) is 10.8 Å². The largest absolute Gasteiger partial charge is 0.294 e. The quantitative estimate of drug-likeness (QED) is 0.527. The lowest BCUT2D eigenvalue weighted by Gasteiger charge is -2.28. The molecule has 2 aromatic carbocycles. The van der Waals surface area contributed by atoms with Crippen molar-refractivity contribution in [2.45, 2.75) is 34.2 Å². The summed E-state index contributed by atoms with van der Waals surface area (Å²) in [5, 5.41) is 5.63. The van der Waals surface area contributed by atoms with E-state index in [9.17, 15) is 14.4 Å². The highest BCUT2D eigenvalue weighted by Gasteiger charge is 2.37. The summed E-state index contributed by atoms with van der Waals surface area (Å²) in [5.74, 6) is -0.877. The number of Topliss-reactive ketones (excluding diaryl/α,β-unsaturated/α-hetero) is 1. The Hall–Kier alpha value is -3.28. The average molecular weight is 361 g/mol. The minimum atomic E-state index is -0.388. The van der Waals surface area contributed by atoms with Crippen LogP contribution in [0.4, 0.5) is 5.69 Å². The number of hydrogen-bond donors (Lipinski definition) is 0. The smallest absolute Gasteiger partial charge is 0.266 e. The van der Waals surface area contributed by atoms with Gasteiger partial charge in [0.15, 0.2) is 5.78 Å². The van der Waals surface area contributed by atoms with E-state index in [1.54, 1.807) is 41.9 Å². The molecule has 0 spiro atoms. The van der Waals surface area contributed by atoms with E-state index in [1.807, 2.05) is 13.8 Å². The van der Waals surface area contributed by atoms with Crippen LogP contribution >= 0.6 is 0 Å². The molecule has 2 amide bonds. The lowest BCUT2D eigenvalue weighted by atomic mass is 9.90. The Balaban J connectivity index is 2.01. The van der Waals surface area contributed by atoms with E-state index in [4.69, 9.17) is 0 Å². The molecule has 0 aliphatic carbocycles. The lowest BCUT2D eigenvalue weighted by molar-refractivity contribution is 0.0891. The fourth-order valence-electron chi connectivity index (χ4n) is 3.93. The number of aryl methyl sites for hydroxylation is 2. The van der Waals surface area contributed by atoms with Gasteiger partial charge in [-0.2, -0.15) is 5.10 Å². The Morgan fingerprint density at radius 2 is 1.70 bits per heavy atom. The molecule has 1 aliphatic heterocycles. The van der Waals surface area contributed by atoms with Crippen molar-refractivity contribution in [1.82, 2.24) is 9.78 Å². The molecule has 0 bridgehead atoms. The molecule has 136 valence electrons. The number of anilines is 1. The SMILES string of the molecule is CCn1nc(C)c(N2C(=O)c3cccc4c(C(C)=O)ccc(c34)C2=O)c1C. The summed E-state index contributed by atoms with van der Waals surface area (Å²) in [6.07, 6.45) is 0. The van der Waals surface area contributed by atoms with Gasteiger partial charge in [-0.1, -0.05) is 12.1 Å². The molecule has 6 nitrogen and oxygen atoms in total. The molecule has 2 heterocycles. The molecular weight excluding hydrogens is 342 g/mol. The van der Waals surface area contributed by atoms with E-state index in [1.165, 1.54) is 11.8 Å². The molecule has 0 atom stereocenters. The zero-order valence-corrected chi connectivity index (χ0v) is 15.7. The molecule has 0 radical (unpaired) electrons. The first-order chi connectivity index (χ1) is 12.9. The highest BCUT2D eigenvalue weighted by atomic mass is 16.2. The Morgan fingerprint density at radius 1 is 1.04 bits per heavy atom. The number of carbonyl (C=O) groups is 3. The van der Waals surface area contributed by atoms with Crippen molar-refractivity contribution in [2.24, 2.45) is 0 Å². The Bertz CT molecular complexity index is 1130. The molecule has 1 aliphatic rings. The minimum absolute atomic E-state index is 0.100. The number of benzene rings is 2. The normalized spacial score (nSPS) is 13.6. The summed E-state index contributed by atoms with van der Waals surface area (Å²) in [4.78, 5) is 39.7. The molecule has 0 fully saturated rings. The summed E-state index contributed by atoms with van der Waals surface area (Å²) < 4.78 is 1.78. The van der Waals surface area contributed by atoms with Crippen LogP contribution in [0.2, 0.25) is 0 Å². The first-order valence-electron chi connectivity index (χ1n) is 8.86. The van der Waals surface area contributed by atoms with Crippen LogP contribution in [0, 0.1) is 13.8 Å². The predicted octanol–water partition coefficient (Wildman–Crippen LogP) is 3.68. The highest BCUT2D eigenvalue weighted by Crippen LogP contribution is 2.36. The van der Waals surface area contributed by atoms with Gasteiger partial charge < -0.3 is 0 Å². The van der Waals surface area contributed by atoms with Crippen LogP contribution in [0.5, 0.6) is 0 Å². The van der Waals surface area contributed by atoms with Crippen molar-refractivity contribution in [1.29, 1.82) is 0 Å². The van der Waals surface area contributed by atoms with Gasteiger partial charge in [0, 0.05) is 28.6 Å². The van der Waals surface area contributed by atoms with Gasteiger partial charge >= 0.3 is 0 Å². The molecule has 6 heteroatoms. The van der Waals surface area contributed by atoms with Gasteiger partial charge in [-0.15, -0.1) is 0 Å². The number of amides is 2. The van der Waals surface area contributed by atoms with Crippen molar-refractivity contribution in [3.05, 3.63) is 58.4 Å². The van der Waals surface area contributed by atoms with Crippen LogP contribution in [-0.2, 0) is 6.54 Å². The second kappa shape index (κ2) is 5.87. The summed E-state index contributed by atoms with van der Waals surface area (Å²) in [5.41, 5.74) is 3.29. The number of rotatable bonds is 3. The summed E-state index contributed by atoms with van der Waals surface area (Å²) in [6, 6.07) is 8.52. The highest BCUT2D eigenvalue weighted by molar-refractivity contribution is 6.37. The second-order valence-corrected chi connectivity index (χ2v) is 6.73. The molecule has 0 unspecified atom stereocenters. The van der Waals surface area contributed by atoms with Crippen LogP contribution < -0.4 is 4.90 Å². The number of carbonyl (C=O) groups excluding carboxylic acids is 3. The molecule has 0 N–H and O–H groups in total. The minimum Gasteiger partial charge on any atom is -0.294 e. The van der Waals surface area contributed by atoms with Gasteiger partial charge in [0.1, 0.15) is 0 Å². The summed E-state index contributed by atoms with van der Waals surface area (Å²) in [7, 11) is 0. The van der Waals surface area contributed by atoms with Crippen molar-refractivity contribution < 1.29 is 14.4 Å². The Labute approximate surface area is 156 Å². The van der Waals surface area contributed by atoms with Crippen LogP contribution in [0.15, 0.2) is 30.3 Å². The van der Waals surface area contributed by atoms with Gasteiger partial charge in [0.25, 0.3) is 11.8 Å². The second-order valence-electron chi connectivity index (χ2n) is 6.73. The van der Waals surface area contributed by atoms with Crippen molar-refractivity contribution in [3.8, 4) is 0 Å². The van der Waals surface area contributed by atoms with E-state index in [0.29, 0.717) is 45.4 Å². The van der Waals surface area contributed by atoms with Gasteiger partial charge in [0.05, 0.1) is 17.1 Å². The van der Waals surface area contributed by atoms with E-state index in [2.05, 4.69) is 5.10 Å². The average Bonchev–Trinajstić information content (AvgIpc) is 2.93. The number of ketones is 1. The van der Waals surface area contributed by atoms with Gasteiger partial charge in [-0.3, -0.25) is 19.1 Å². The monoisotopic (exact) mass is 361 g/mol. The molecule has 0 saturated carbocycles. The zero-order chi connectivity index (χ0) is 19.5. The van der Waals surface area contributed by atoms with Gasteiger partial charge in [-0.05, 0) is 51.3 Å². The summed E-state index contributed by atoms with van der Waals surface area (Å²) >= 11 is 0. The molecule has 0 saturated heterocycles. The van der Waals surface area contributed by atoms with E-state index in [0.717, 1.165) is 5.69 Å². The first kappa shape index (κ1) is 17.1. The predicted molar refractivity (Wildman–Crippen MR) is 102 cm³/mol. The Morgan fingerprint density at radius 3 is 2.30 bits per heavy atom. The van der Waals surface area contributed by atoms with E-state index >= 15 is 0 Å². The lowest BCUT2D eigenvalue weighted by Crippen LogP contribution is -2.41. The van der Waals surface area contributed by atoms with Crippen molar-refractivity contribution >= 4 is 34.1 Å². The van der Waals surface area contributed by atoms with Crippen LogP contribution in [-0.4, -0.2) is 27.4 Å². The maximum absolute atomic E-state index is 13.3. The third-order valence-electron chi connectivity index (χ3n) is 5.15. The number of hydrogen-bond acceptors (Lipinski definition) is 4. The van der Waals surface area contributed by atoms with Gasteiger partial charge in [-0.25, -0.2) is 4.90 Å². The fourth-order valence-corrected chi connectivity index (χ4v) is 3.93. The fraction of sp³-hybridized carbons (Fsp3) is 0.238. The van der Waals surface area contributed by atoms with Crippen molar-refractivity contribution in [3.63, 3.8) is 0 Å². The number of imide groups is 1. The maximum atomic E-state index is 13.3. The van der Waals surface area contributed by atoms with Crippen LogP contribution in [0.3, 0.4) is 0 Å².